The van der Waals surface area contributed by atoms with Crippen molar-refractivity contribution in [3.63, 3.8) is 0 Å². The van der Waals surface area contributed by atoms with E-state index in [1.165, 1.54) is 17.1 Å². The van der Waals surface area contributed by atoms with Crippen LogP contribution in [-0.2, 0) is 6.42 Å². The lowest BCUT2D eigenvalue weighted by molar-refractivity contribution is 0.184. The topological polar surface area (TPSA) is 69.6 Å². The van der Waals surface area contributed by atoms with Gasteiger partial charge >= 0.3 is 6.03 Å². The molecule has 2 saturated heterocycles. The van der Waals surface area contributed by atoms with Gasteiger partial charge in [0.15, 0.2) is 11.5 Å². The highest BCUT2D eigenvalue weighted by atomic mass is 16.5. The van der Waals surface area contributed by atoms with Crippen molar-refractivity contribution in [2.24, 2.45) is 5.10 Å². The van der Waals surface area contributed by atoms with Gasteiger partial charge in [0.25, 0.3) is 0 Å². The molecule has 8 heteroatoms. The summed E-state index contributed by atoms with van der Waals surface area (Å²) in [6.07, 6.45) is 1.89. The predicted molar refractivity (Wildman–Crippen MR) is 133 cm³/mol. The van der Waals surface area contributed by atoms with Gasteiger partial charge in [0.2, 0.25) is 0 Å². The molecule has 3 atom stereocenters. The number of urea groups is 1. The first-order valence-electron chi connectivity index (χ1n) is 11.9. The van der Waals surface area contributed by atoms with E-state index in [1.807, 2.05) is 19.1 Å². The van der Waals surface area contributed by atoms with Crippen LogP contribution in [0.3, 0.4) is 0 Å². The minimum Gasteiger partial charge on any atom is -0.493 e. The molecule has 3 heterocycles. The van der Waals surface area contributed by atoms with Crippen molar-refractivity contribution in [2.45, 2.75) is 37.9 Å². The average Bonchev–Trinajstić information content (AvgIpc) is 3.40. The third kappa shape index (κ3) is 3.76. The number of benzene rings is 2. The van der Waals surface area contributed by atoms with Crippen LogP contribution >= 0.6 is 0 Å². The van der Waals surface area contributed by atoms with Crippen molar-refractivity contribution in [1.82, 2.24) is 15.2 Å². The molecule has 3 aliphatic rings. The second kappa shape index (κ2) is 8.83. The summed E-state index contributed by atoms with van der Waals surface area (Å²) in [6, 6.07) is 13.4. The van der Waals surface area contributed by atoms with Crippen molar-refractivity contribution in [1.29, 1.82) is 0 Å². The van der Waals surface area contributed by atoms with Gasteiger partial charge in [-0.15, -0.1) is 0 Å². The number of anilines is 1. The maximum Gasteiger partial charge on any atom is 0.337 e. The number of amides is 2. The number of carbonyl (C=O) groups is 1. The normalized spacial score (nSPS) is 23.9. The first kappa shape index (κ1) is 22.5. The minimum absolute atomic E-state index is 0.120. The van der Waals surface area contributed by atoms with Crippen molar-refractivity contribution in [3.8, 4) is 11.5 Å². The van der Waals surface area contributed by atoms with Crippen LogP contribution in [0.5, 0.6) is 11.5 Å². The monoisotopic (exact) mass is 463 g/mol. The summed E-state index contributed by atoms with van der Waals surface area (Å²) in [4.78, 5) is 17.7. The Bertz CT molecular complexity index is 1110. The number of fused-ring (bicyclic) bond motifs is 3. The fourth-order valence-corrected chi connectivity index (χ4v) is 5.54. The van der Waals surface area contributed by atoms with Gasteiger partial charge in [-0.2, -0.15) is 5.10 Å². The van der Waals surface area contributed by atoms with Gasteiger partial charge in [-0.05, 0) is 56.6 Å². The Morgan fingerprint density at radius 1 is 1.06 bits per heavy atom. The second-order valence-corrected chi connectivity index (χ2v) is 9.45. The molecule has 5 rings (SSSR count). The van der Waals surface area contributed by atoms with Crippen LogP contribution in [0.25, 0.3) is 0 Å². The number of methoxy groups -OCH3 is 2. The van der Waals surface area contributed by atoms with Crippen LogP contribution in [-0.4, -0.2) is 81.2 Å². The van der Waals surface area contributed by atoms with Crippen LogP contribution in [0.2, 0.25) is 0 Å². The Hall–Kier alpha value is -3.26. The van der Waals surface area contributed by atoms with Crippen LogP contribution in [0, 0.1) is 0 Å². The van der Waals surface area contributed by atoms with Gasteiger partial charge in [-0.3, -0.25) is 4.90 Å². The number of hydrazone groups is 1. The first-order chi connectivity index (χ1) is 16.4. The lowest BCUT2D eigenvalue weighted by atomic mass is 9.94. The zero-order chi connectivity index (χ0) is 24.0. The quantitative estimate of drug-likeness (QED) is 0.755. The smallest absolute Gasteiger partial charge is 0.337 e. The van der Waals surface area contributed by atoms with E-state index in [2.05, 4.69) is 46.4 Å². The van der Waals surface area contributed by atoms with Gasteiger partial charge in [0.05, 0.1) is 26.0 Å². The molecule has 8 nitrogen and oxygen atoms in total. The van der Waals surface area contributed by atoms with Crippen molar-refractivity contribution < 1.29 is 14.3 Å². The highest BCUT2D eigenvalue weighted by Crippen LogP contribution is 2.36. The predicted octanol–water partition coefficient (Wildman–Crippen LogP) is 2.93. The largest absolute Gasteiger partial charge is 0.493 e. The Labute approximate surface area is 201 Å². The van der Waals surface area contributed by atoms with Crippen LogP contribution in [0.1, 0.15) is 30.0 Å². The van der Waals surface area contributed by atoms with Crippen molar-refractivity contribution in [3.05, 3.63) is 53.1 Å². The van der Waals surface area contributed by atoms with E-state index in [4.69, 9.17) is 14.6 Å². The third-order valence-corrected chi connectivity index (χ3v) is 7.41. The molecule has 180 valence electrons. The van der Waals surface area contributed by atoms with Gasteiger partial charge in [0.1, 0.15) is 0 Å². The van der Waals surface area contributed by atoms with E-state index in [0.717, 1.165) is 35.5 Å². The van der Waals surface area contributed by atoms with E-state index in [9.17, 15) is 4.79 Å². The Balaban J connectivity index is 1.56. The summed E-state index contributed by atoms with van der Waals surface area (Å²) in [6.45, 7) is 4.20. The maximum absolute atomic E-state index is 12.7. The summed E-state index contributed by atoms with van der Waals surface area (Å²) < 4.78 is 11.1. The lowest BCUT2D eigenvalue weighted by Crippen LogP contribution is -2.44. The number of nitrogens with one attached hydrogen (secondary N) is 1. The third-order valence-electron chi connectivity index (χ3n) is 7.41. The molecular weight excluding hydrogens is 430 g/mol. The zero-order valence-electron chi connectivity index (χ0n) is 20.5. The summed E-state index contributed by atoms with van der Waals surface area (Å²) >= 11 is 0. The average molecular weight is 464 g/mol. The molecule has 2 aromatic carbocycles. The molecule has 0 aromatic heterocycles. The SMILES string of the molecule is CNC(=O)N1N=C(c2ccc(N3CC4CC3CN4C)cc2)c2cc(OC)c(OC)cc2CC1C. The molecule has 0 saturated carbocycles. The number of likely N-dealkylation sites (tertiary alicyclic amines) is 1. The summed E-state index contributed by atoms with van der Waals surface area (Å²) in [5.74, 6) is 1.31. The first-order valence-corrected chi connectivity index (χ1v) is 11.9. The summed E-state index contributed by atoms with van der Waals surface area (Å²) in [5.41, 5.74) is 4.97. The van der Waals surface area contributed by atoms with E-state index in [1.54, 1.807) is 21.3 Å². The van der Waals surface area contributed by atoms with Gasteiger partial charge in [0, 0.05) is 49.0 Å². The van der Waals surface area contributed by atoms with E-state index < -0.39 is 0 Å². The molecule has 2 aromatic rings. The number of ether oxygens (including phenoxy) is 2. The fourth-order valence-electron chi connectivity index (χ4n) is 5.54. The Morgan fingerprint density at radius 2 is 1.76 bits per heavy atom. The van der Waals surface area contributed by atoms with Crippen molar-refractivity contribution in [2.75, 3.05) is 46.3 Å². The highest BCUT2D eigenvalue weighted by Gasteiger charge is 2.41. The molecule has 0 radical (unpaired) electrons. The molecule has 1 N–H and O–H groups in total. The number of nitrogens with zero attached hydrogens (tertiary/aromatic N) is 4. The number of hydrogen-bond donors (Lipinski definition) is 1. The number of rotatable bonds is 4. The summed E-state index contributed by atoms with van der Waals surface area (Å²) in [7, 11) is 7.12. The molecule has 34 heavy (non-hydrogen) atoms. The van der Waals surface area contributed by atoms with Gasteiger partial charge in [-0.1, -0.05) is 12.1 Å². The molecule has 3 unspecified atom stereocenters. The molecule has 2 amide bonds. The van der Waals surface area contributed by atoms with Gasteiger partial charge < -0.3 is 19.7 Å². The molecule has 2 fully saturated rings. The van der Waals surface area contributed by atoms with Crippen LogP contribution in [0.15, 0.2) is 41.5 Å². The standard InChI is InChI=1S/C26H33N5O3/c1-16-10-18-11-23(33-4)24(34-5)13-22(18)25(28-31(16)26(32)27-2)17-6-8-19(9-7-17)30-15-20-12-21(30)14-29(20)3/h6-9,11,13,16,20-21H,10,12,14-15H2,1-5H3,(H,27,32). The van der Waals surface area contributed by atoms with E-state index >= 15 is 0 Å². The molecule has 0 spiro atoms. The lowest BCUT2D eigenvalue weighted by Gasteiger charge is -2.33. The van der Waals surface area contributed by atoms with E-state index in [0.29, 0.717) is 30.0 Å². The minimum atomic E-state index is -0.231. The van der Waals surface area contributed by atoms with E-state index in [-0.39, 0.29) is 12.1 Å². The molecule has 0 aliphatic carbocycles. The molecule has 3 aliphatic heterocycles. The molecular formula is C26H33N5O3. The number of carbonyl (C=O) groups excluding carboxylic acids is 1. The maximum atomic E-state index is 12.7. The zero-order valence-corrected chi connectivity index (χ0v) is 20.5. The Kier molecular flexibility index (Phi) is 5.85. The number of likely N-dealkylation sites (N-methyl/N-ethyl adjacent to an activating group) is 1. The second-order valence-electron chi connectivity index (χ2n) is 9.45. The number of hydrogen-bond acceptors (Lipinski definition) is 6. The summed E-state index contributed by atoms with van der Waals surface area (Å²) in [5, 5.41) is 9.13. The Morgan fingerprint density at radius 3 is 2.35 bits per heavy atom. The fraction of sp³-hybridized carbons (Fsp3) is 0.462. The van der Waals surface area contributed by atoms with Crippen LogP contribution in [0.4, 0.5) is 10.5 Å². The molecule has 2 bridgehead atoms. The van der Waals surface area contributed by atoms with Gasteiger partial charge in [-0.25, -0.2) is 9.80 Å². The highest BCUT2D eigenvalue weighted by molar-refractivity contribution is 6.14. The van der Waals surface area contributed by atoms with Crippen molar-refractivity contribution >= 4 is 17.4 Å². The number of piperazine rings is 1. The van der Waals surface area contributed by atoms with Crippen LogP contribution < -0.4 is 19.7 Å².